The maximum absolute atomic E-state index is 11.8. The largest absolute Gasteiger partial charge is 0.484 e. The highest BCUT2D eigenvalue weighted by Crippen LogP contribution is 2.11. The van der Waals surface area contributed by atoms with E-state index in [1.807, 2.05) is 44.2 Å². The van der Waals surface area contributed by atoms with Crippen molar-refractivity contribution >= 4 is 23.7 Å². The molecule has 2 amide bonds. The van der Waals surface area contributed by atoms with E-state index < -0.39 is 0 Å². The van der Waals surface area contributed by atoms with Gasteiger partial charge >= 0.3 is 0 Å². The molecule has 0 aliphatic heterocycles. The second-order valence-corrected chi connectivity index (χ2v) is 6.16. The van der Waals surface area contributed by atoms with Crippen molar-refractivity contribution < 1.29 is 14.3 Å². The van der Waals surface area contributed by atoms with Gasteiger partial charge in [-0.25, -0.2) is 5.43 Å². The Morgan fingerprint density at radius 1 is 1.04 bits per heavy atom. The molecule has 0 saturated carbocycles. The van der Waals surface area contributed by atoms with Gasteiger partial charge in [-0.2, -0.15) is 5.10 Å². The van der Waals surface area contributed by atoms with E-state index in [-0.39, 0.29) is 18.4 Å². The first-order chi connectivity index (χ1) is 12.5. The van der Waals surface area contributed by atoms with Gasteiger partial charge in [-0.1, -0.05) is 32.0 Å². The van der Waals surface area contributed by atoms with Gasteiger partial charge in [0.1, 0.15) is 5.75 Å². The summed E-state index contributed by atoms with van der Waals surface area (Å²) < 4.78 is 5.46. The molecule has 0 aromatic heterocycles. The predicted octanol–water partition coefficient (Wildman–Crippen LogP) is 3.20. The highest BCUT2D eigenvalue weighted by Gasteiger charge is 2.04. The van der Waals surface area contributed by atoms with Gasteiger partial charge in [0.25, 0.3) is 5.91 Å². The van der Waals surface area contributed by atoms with E-state index in [4.69, 9.17) is 4.74 Å². The zero-order chi connectivity index (χ0) is 18.8. The molecule has 0 aliphatic carbocycles. The Hall–Kier alpha value is -3.15. The Balaban J connectivity index is 1.76. The van der Waals surface area contributed by atoms with Crippen LogP contribution in [0.25, 0.3) is 0 Å². The average Bonchev–Trinajstić information content (AvgIpc) is 2.61. The summed E-state index contributed by atoms with van der Waals surface area (Å²) in [5.41, 5.74) is 4.03. The number of rotatable bonds is 8. The lowest BCUT2D eigenvalue weighted by atomic mass is 10.1. The zero-order valence-electron chi connectivity index (χ0n) is 14.9. The molecule has 0 fully saturated rings. The average molecular weight is 353 g/mol. The topological polar surface area (TPSA) is 79.8 Å². The Kier molecular flexibility index (Phi) is 7.36. The molecule has 6 heteroatoms. The first kappa shape index (κ1) is 19.2. The van der Waals surface area contributed by atoms with Crippen LogP contribution >= 0.6 is 0 Å². The predicted molar refractivity (Wildman–Crippen MR) is 102 cm³/mol. The van der Waals surface area contributed by atoms with Gasteiger partial charge in [0.2, 0.25) is 5.91 Å². The second kappa shape index (κ2) is 9.98. The standard InChI is InChI=1S/C20H23N3O3/c1-15(2)12-19(24)23-21-13-16-8-10-18(11-9-16)26-14-20(25)22-17-6-4-3-5-7-17/h3-11,13,15H,12,14H2,1-2H3,(H,22,25)(H,23,24)/b21-13-. The summed E-state index contributed by atoms with van der Waals surface area (Å²) >= 11 is 0. The lowest BCUT2D eigenvalue weighted by molar-refractivity contribution is -0.121. The number of para-hydroxylation sites is 1. The minimum atomic E-state index is -0.227. The van der Waals surface area contributed by atoms with Crippen LogP contribution in [-0.4, -0.2) is 24.6 Å². The molecule has 2 N–H and O–H groups in total. The maximum Gasteiger partial charge on any atom is 0.262 e. The van der Waals surface area contributed by atoms with Crippen molar-refractivity contribution in [1.29, 1.82) is 0 Å². The van der Waals surface area contributed by atoms with Gasteiger partial charge in [0.15, 0.2) is 6.61 Å². The summed E-state index contributed by atoms with van der Waals surface area (Å²) in [5.74, 6) is 0.533. The fourth-order valence-electron chi connectivity index (χ4n) is 2.11. The number of nitrogens with zero attached hydrogens (tertiary/aromatic N) is 1. The van der Waals surface area contributed by atoms with E-state index in [2.05, 4.69) is 15.8 Å². The molecule has 0 radical (unpaired) electrons. The van der Waals surface area contributed by atoms with Crippen molar-refractivity contribution in [3.63, 3.8) is 0 Å². The Labute approximate surface area is 153 Å². The van der Waals surface area contributed by atoms with Crippen molar-refractivity contribution in [2.45, 2.75) is 20.3 Å². The van der Waals surface area contributed by atoms with Crippen LogP contribution in [0.4, 0.5) is 5.69 Å². The van der Waals surface area contributed by atoms with Crippen LogP contribution in [0.2, 0.25) is 0 Å². The number of anilines is 1. The number of carbonyl (C=O) groups is 2. The third-order valence-electron chi connectivity index (χ3n) is 3.30. The number of nitrogens with one attached hydrogen (secondary N) is 2. The molecular weight excluding hydrogens is 330 g/mol. The number of hydrogen-bond acceptors (Lipinski definition) is 4. The van der Waals surface area contributed by atoms with E-state index in [1.54, 1.807) is 30.5 Å². The lowest BCUT2D eigenvalue weighted by Gasteiger charge is -2.07. The highest BCUT2D eigenvalue weighted by molar-refractivity contribution is 5.91. The molecule has 2 rings (SSSR count). The van der Waals surface area contributed by atoms with Gasteiger partial charge in [0, 0.05) is 12.1 Å². The molecule has 0 unspecified atom stereocenters. The van der Waals surface area contributed by atoms with Crippen LogP contribution in [-0.2, 0) is 9.59 Å². The lowest BCUT2D eigenvalue weighted by Crippen LogP contribution is -2.20. The zero-order valence-corrected chi connectivity index (χ0v) is 14.9. The molecule has 0 spiro atoms. The van der Waals surface area contributed by atoms with Crippen LogP contribution < -0.4 is 15.5 Å². The van der Waals surface area contributed by atoms with Crippen LogP contribution in [0, 0.1) is 5.92 Å². The minimum absolute atomic E-state index is 0.0758. The van der Waals surface area contributed by atoms with Gasteiger partial charge in [-0.15, -0.1) is 0 Å². The molecule has 0 aliphatic rings. The number of ether oxygens (including phenoxy) is 1. The smallest absolute Gasteiger partial charge is 0.262 e. The third-order valence-corrected chi connectivity index (χ3v) is 3.30. The van der Waals surface area contributed by atoms with Gasteiger partial charge in [-0.05, 0) is 47.9 Å². The van der Waals surface area contributed by atoms with E-state index in [0.717, 1.165) is 11.3 Å². The molecule has 26 heavy (non-hydrogen) atoms. The number of hydrazone groups is 1. The number of hydrogen-bond donors (Lipinski definition) is 2. The number of benzene rings is 2. The molecule has 0 heterocycles. The van der Waals surface area contributed by atoms with Crippen LogP contribution in [0.3, 0.4) is 0 Å². The van der Waals surface area contributed by atoms with Crippen molar-refractivity contribution in [2.75, 3.05) is 11.9 Å². The highest BCUT2D eigenvalue weighted by atomic mass is 16.5. The SMILES string of the molecule is CC(C)CC(=O)N/N=C\c1ccc(OCC(=O)Nc2ccccc2)cc1. The van der Waals surface area contributed by atoms with E-state index >= 15 is 0 Å². The fourth-order valence-corrected chi connectivity index (χ4v) is 2.11. The summed E-state index contributed by atoms with van der Waals surface area (Å²) in [6.07, 6.45) is 2.00. The monoisotopic (exact) mass is 353 g/mol. The summed E-state index contributed by atoms with van der Waals surface area (Å²) in [7, 11) is 0. The van der Waals surface area contributed by atoms with Gasteiger partial charge in [-0.3, -0.25) is 9.59 Å². The summed E-state index contributed by atoms with van der Waals surface area (Å²) in [5, 5.41) is 6.67. The molecule has 2 aromatic carbocycles. The summed E-state index contributed by atoms with van der Waals surface area (Å²) in [4.78, 5) is 23.3. The van der Waals surface area contributed by atoms with Crippen LogP contribution in [0.5, 0.6) is 5.75 Å². The van der Waals surface area contributed by atoms with E-state index in [9.17, 15) is 9.59 Å². The summed E-state index contributed by atoms with van der Waals surface area (Å²) in [6, 6.07) is 16.3. The van der Waals surface area contributed by atoms with Gasteiger partial charge < -0.3 is 10.1 Å². The van der Waals surface area contributed by atoms with Gasteiger partial charge in [0.05, 0.1) is 6.21 Å². The van der Waals surface area contributed by atoms with E-state index in [1.165, 1.54) is 0 Å². The third kappa shape index (κ3) is 7.17. The molecule has 136 valence electrons. The molecule has 2 aromatic rings. The van der Waals surface area contributed by atoms with Crippen molar-refractivity contribution in [3.8, 4) is 5.75 Å². The van der Waals surface area contributed by atoms with E-state index in [0.29, 0.717) is 18.1 Å². The number of carbonyl (C=O) groups excluding carboxylic acids is 2. The number of amides is 2. The van der Waals surface area contributed by atoms with Crippen LogP contribution in [0.1, 0.15) is 25.8 Å². The maximum atomic E-state index is 11.8. The Morgan fingerprint density at radius 2 is 1.73 bits per heavy atom. The van der Waals surface area contributed by atoms with Crippen molar-refractivity contribution in [1.82, 2.24) is 5.43 Å². The first-order valence-electron chi connectivity index (χ1n) is 8.42. The summed E-state index contributed by atoms with van der Waals surface area (Å²) in [6.45, 7) is 3.87. The van der Waals surface area contributed by atoms with Crippen molar-refractivity contribution in [2.24, 2.45) is 11.0 Å². The normalized spacial score (nSPS) is 10.7. The van der Waals surface area contributed by atoms with Crippen LogP contribution in [0.15, 0.2) is 59.7 Å². The molecule has 0 saturated heterocycles. The second-order valence-electron chi connectivity index (χ2n) is 6.16. The Bertz CT molecular complexity index is 741. The first-order valence-corrected chi connectivity index (χ1v) is 8.42. The Morgan fingerprint density at radius 3 is 2.38 bits per heavy atom. The fraction of sp³-hybridized carbons (Fsp3) is 0.250. The molecular formula is C20H23N3O3. The molecule has 6 nitrogen and oxygen atoms in total. The van der Waals surface area contributed by atoms with Crippen molar-refractivity contribution in [3.05, 3.63) is 60.2 Å². The minimum Gasteiger partial charge on any atom is -0.484 e. The molecule has 0 atom stereocenters. The quantitative estimate of drug-likeness (QED) is 0.565. The molecule has 0 bridgehead atoms.